The summed E-state index contributed by atoms with van der Waals surface area (Å²) >= 11 is 6.16. The van der Waals surface area contributed by atoms with E-state index in [4.69, 9.17) is 11.6 Å². The number of benzene rings is 2. The molecule has 3 aliphatic rings. The third-order valence-corrected chi connectivity index (χ3v) is 10.2. The molecule has 2 unspecified atom stereocenters. The van der Waals surface area contributed by atoms with Crippen LogP contribution in [-0.2, 0) is 24.8 Å². The van der Waals surface area contributed by atoms with Crippen molar-refractivity contribution in [3.63, 3.8) is 0 Å². The second-order valence-corrected chi connectivity index (χ2v) is 12.7. The first kappa shape index (κ1) is 27.3. The van der Waals surface area contributed by atoms with Crippen molar-refractivity contribution in [1.29, 1.82) is 5.26 Å². The van der Waals surface area contributed by atoms with Gasteiger partial charge in [0.1, 0.15) is 17.3 Å². The van der Waals surface area contributed by atoms with Gasteiger partial charge in [-0.2, -0.15) is 5.26 Å². The lowest BCUT2D eigenvalue weighted by Gasteiger charge is -2.29. The molecule has 2 aromatic carbocycles. The van der Waals surface area contributed by atoms with Crippen molar-refractivity contribution in [3.8, 4) is 11.8 Å². The lowest BCUT2D eigenvalue weighted by atomic mass is 9.93. The Labute approximate surface area is 227 Å². The highest BCUT2D eigenvalue weighted by molar-refractivity contribution is 7.92. The smallest absolute Gasteiger partial charge is 0.406 e. The van der Waals surface area contributed by atoms with E-state index in [1.54, 1.807) is 6.07 Å². The topological polar surface area (TPSA) is 117 Å². The number of alkyl halides is 3. The van der Waals surface area contributed by atoms with Gasteiger partial charge in [0.25, 0.3) is 0 Å². The Morgan fingerprint density at radius 2 is 1.72 bits per heavy atom. The highest BCUT2D eigenvalue weighted by Crippen LogP contribution is 2.51. The predicted octanol–water partition coefficient (Wildman–Crippen LogP) is 3.89. The number of hydrogen-bond acceptors (Lipinski definition) is 6. The normalized spacial score (nSPS) is 23.0. The molecule has 206 valence electrons. The Morgan fingerprint density at radius 1 is 1.08 bits per heavy atom. The second-order valence-electron chi connectivity index (χ2n) is 10.1. The van der Waals surface area contributed by atoms with Gasteiger partial charge in [-0.25, -0.2) is 8.42 Å². The van der Waals surface area contributed by atoms with Gasteiger partial charge in [0.15, 0.2) is 9.84 Å². The SMILES string of the molecule is N#CC1(NC(=O)C2CC(S(=O)(=O)c3ccccc3Cl)CN2C(=O)C2(c3ccc(OC(F)(F)F)cc3)CC2)CC1. The Morgan fingerprint density at radius 3 is 2.26 bits per heavy atom. The van der Waals surface area contributed by atoms with Crippen LogP contribution in [0.1, 0.15) is 37.7 Å². The first-order valence-corrected chi connectivity index (χ1v) is 14.1. The van der Waals surface area contributed by atoms with Gasteiger partial charge < -0.3 is 15.0 Å². The Balaban J connectivity index is 1.44. The van der Waals surface area contributed by atoms with Gasteiger partial charge in [0.2, 0.25) is 11.8 Å². The Bertz CT molecular complexity index is 1460. The van der Waals surface area contributed by atoms with Gasteiger partial charge >= 0.3 is 6.36 Å². The summed E-state index contributed by atoms with van der Waals surface area (Å²) in [7, 11) is -4.04. The highest BCUT2D eigenvalue weighted by Gasteiger charge is 2.58. The van der Waals surface area contributed by atoms with E-state index in [0.29, 0.717) is 31.2 Å². The molecule has 5 rings (SSSR count). The lowest BCUT2D eigenvalue weighted by Crippen LogP contribution is -2.51. The summed E-state index contributed by atoms with van der Waals surface area (Å²) in [4.78, 5) is 28.4. The Kier molecular flexibility index (Phi) is 6.58. The number of likely N-dealkylation sites (tertiary alicyclic amines) is 1. The van der Waals surface area contributed by atoms with E-state index in [1.807, 2.05) is 0 Å². The third kappa shape index (κ3) is 5.17. The van der Waals surface area contributed by atoms with Crippen LogP contribution in [0.25, 0.3) is 0 Å². The summed E-state index contributed by atoms with van der Waals surface area (Å²) in [6.45, 7) is -0.277. The molecule has 2 saturated carbocycles. The fourth-order valence-corrected chi connectivity index (χ4v) is 7.28. The monoisotopic (exact) mass is 581 g/mol. The van der Waals surface area contributed by atoms with Gasteiger partial charge in [0, 0.05) is 6.54 Å². The standard InChI is InChI=1S/C26H23ClF3N3O5S/c27-19-3-1-2-4-21(19)39(36,37)18-13-20(22(34)32-24(15-31)9-10-24)33(14-18)23(35)25(11-12-25)16-5-7-17(8-6-16)38-26(28,29)30/h1-8,18,20H,9-14H2,(H,32,34). The number of hydrogen-bond donors (Lipinski definition) is 1. The summed E-state index contributed by atoms with van der Waals surface area (Å²) in [5.41, 5.74) is -1.70. The number of carbonyl (C=O) groups is 2. The fraction of sp³-hybridized carbons (Fsp3) is 0.423. The first-order chi connectivity index (χ1) is 18.3. The second kappa shape index (κ2) is 9.41. The minimum Gasteiger partial charge on any atom is -0.406 e. The number of carbonyl (C=O) groups excluding carboxylic acids is 2. The number of ether oxygens (including phenoxy) is 1. The molecular formula is C26H23ClF3N3O5S. The molecule has 13 heteroatoms. The average Bonchev–Trinajstić information content (AvgIpc) is 3.80. The van der Waals surface area contributed by atoms with Gasteiger partial charge in [-0.1, -0.05) is 35.9 Å². The average molecular weight is 582 g/mol. The van der Waals surface area contributed by atoms with E-state index < -0.39 is 56.0 Å². The van der Waals surface area contributed by atoms with E-state index in [0.717, 1.165) is 12.1 Å². The first-order valence-electron chi connectivity index (χ1n) is 12.2. The number of nitriles is 1. The minimum absolute atomic E-state index is 0.0181. The molecular weight excluding hydrogens is 559 g/mol. The van der Waals surface area contributed by atoms with Crippen LogP contribution >= 0.6 is 11.6 Å². The van der Waals surface area contributed by atoms with Crippen molar-refractivity contribution in [2.75, 3.05) is 6.54 Å². The highest BCUT2D eigenvalue weighted by atomic mass is 35.5. The molecule has 8 nitrogen and oxygen atoms in total. The molecule has 1 heterocycles. The molecule has 0 bridgehead atoms. The van der Waals surface area contributed by atoms with Crippen LogP contribution in [0.3, 0.4) is 0 Å². The molecule has 2 atom stereocenters. The van der Waals surface area contributed by atoms with E-state index in [2.05, 4.69) is 16.1 Å². The van der Waals surface area contributed by atoms with Crippen molar-refractivity contribution in [1.82, 2.24) is 10.2 Å². The molecule has 2 aromatic rings. The molecule has 2 amide bonds. The molecule has 2 aliphatic carbocycles. The zero-order chi connectivity index (χ0) is 28.2. The van der Waals surface area contributed by atoms with Gasteiger partial charge in [-0.3, -0.25) is 9.59 Å². The van der Waals surface area contributed by atoms with Crippen molar-refractivity contribution in [2.24, 2.45) is 0 Å². The van der Waals surface area contributed by atoms with Crippen LogP contribution in [0.4, 0.5) is 13.2 Å². The summed E-state index contributed by atoms with van der Waals surface area (Å²) in [6, 6.07) is 11.8. The van der Waals surface area contributed by atoms with Crippen LogP contribution in [0.15, 0.2) is 53.4 Å². The van der Waals surface area contributed by atoms with Crippen molar-refractivity contribution >= 4 is 33.3 Å². The van der Waals surface area contributed by atoms with Gasteiger partial charge in [0.05, 0.1) is 26.7 Å². The molecule has 1 saturated heterocycles. The number of sulfone groups is 1. The lowest BCUT2D eigenvalue weighted by molar-refractivity contribution is -0.274. The molecule has 1 N–H and O–H groups in total. The summed E-state index contributed by atoms with van der Waals surface area (Å²) < 4.78 is 68.7. The fourth-order valence-electron chi connectivity index (χ4n) is 5.06. The van der Waals surface area contributed by atoms with Gasteiger partial charge in [-0.05, 0) is 61.9 Å². The zero-order valence-corrected chi connectivity index (χ0v) is 21.9. The van der Waals surface area contributed by atoms with Crippen LogP contribution < -0.4 is 10.1 Å². The maximum atomic E-state index is 13.9. The molecule has 1 aliphatic heterocycles. The van der Waals surface area contributed by atoms with E-state index in [-0.39, 0.29) is 22.9 Å². The molecule has 3 fully saturated rings. The van der Waals surface area contributed by atoms with Crippen LogP contribution in [-0.4, -0.2) is 54.9 Å². The van der Waals surface area contributed by atoms with E-state index >= 15 is 0 Å². The summed E-state index contributed by atoms with van der Waals surface area (Å²) in [5.74, 6) is -1.56. The molecule has 0 spiro atoms. The molecule has 0 aromatic heterocycles. The number of rotatable bonds is 7. The number of nitrogens with one attached hydrogen (secondary N) is 1. The van der Waals surface area contributed by atoms with Crippen molar-refractivity contribution in [2.45, 2.75) is 65.6 Å². The quantitative estimate of drug-likeness (QED) is 0.530. The summed E-state index contributed by atoms with van der Waals surface area (Å²) in [5, 5.41) is 11.0. The number of nitrogens with zero attached hydrogens (tertiary/aromatic N) is 2. The Hall–Kier alpha value is -3.30. The molecule has 39 heavy (non-hydrogen) atoms. The van der Waals surface area contributed by atoms with Crippen LogP contribution in [0.2, 0.25) is 5.02 Å². The van der Waals surface area contributed by atoms with E-state index in [9.17, 15) is 36.4 Å². The van der Waals surface area contributed by atoms with Crippen molar-refractivity contribution < 1.29 is 35.9 Å². The van der Waals surface area contributed by atoms with Crippen LogP contribution in [0.5, 0.6) is 5.75 Å². The zero-order valence-electron chi connectivity index (χ0n) is 20.4. The largest absolute Gasteiger partial charge is 0.573 e. The van der Waals surface area contributed by atoms with Gasteiger partial charge in [-0.15, -0.1) is 13.2 Å². The maximum absolute atomic E-state index is 13.9. The third-order valence-electron chi connectivity index (χ3n) is 7.53. The van der Waals surface area contributed by atoms with E-state index in [1.165, 1.54) is 35.2 Å². The minimum atomic E-state index is -4.87. The number of halogens is 4. The summed E-state index contributed by atoms with van der Waals surface area (Å²) in [6.07, 6.45) is -3.40. The van der Waals surface area contributed by atoms with Crippen molar-refractivity contribution in [3.05, 3.63) is 59.1 Å². The maximum Gasteiger partial charge on any atom is 0.573 e. The van der Waals surface area contributed by atoms with Crippen LogP contribution in [0, 0.1) is 11.3 Å². The molecule has 0 radical (unpaired) electrons. The number of amides is 2. The predicted molar refractivity (Wildman–Crippen MR) is 132 cm³/mol.